The van der Waals surface area contributed by atoms with Crippen molar-refractivity contribution >= 4 is 45.2 Å². The summed E-state index contributed by atoms with van der Waals surface area (Å²) in [6, 6.07) is 8.77. The summed E-state index contributed by atoms with van der Waals surface area (Å²) in [5.41, 5.74) is 0.926. The van der Waals surface area contributed by atoms with Crippen molar-refractivity contribution in [3.05, 3.63) is 57.2 Å². The van der Waals surface area contributed by atoms with E-state index in [2.05, 4.69) is 25.8 Å². The Bertz CT molecular complexity index is 837. The summed E-state index contributed by atoms with van der Waals surface area (Å²) in [6.07, 6.45) is 1.52. The molecule has 0 saturated carbocycles. The van der Waals surface area contributed by atoms with Crippen molar-refractivity contribution in [2.45, 2.75) is 6.92 Å². The molecule has 1 aliphatic rings. The van der Waals surface area contributed by atoms with E-state index in [0.29, 0.717) is 48.9 Å². The Morgan fingerprint density at radius 3 is 2.56 bits per heavy atom. The molecular weight excluding hydrogens is 434 g/mol. The van der Waals surface area contributed by atoms with Crippen LogP contribution in [0, 0.1) is 0 Å². The average molecular weight is 453 g/mol. The molecule has 2 aromatic rings. The van der Waals surface area contributed by atoms with Gasteiger partial charge < -0.3 is 14.5 Å². The number of rotatable bonds is 4. The smallest absolute Gasteiger partial charge is 0.339 e. The van der Waals surface area contributed by atoms with Gasteiger partial charge in [0.15, 0.2) is 0 Å². The fraction of sp³-hybridized carbons (Fsp3) is 0.316. The van der Waals surface area contributed by atoms with E-state index in [1.54, 1.807) is 36.1 Å². The van der Waals surface area contributed by atoms with Crippen molar-refractivity contribution in [1.82, 2.24) is 9.88 Å². The predicted octanol–water partition coefficient (Wildman–Crippen LogP) is 3.64. The van der Waals surface area contributed by atoms with Crippen LogP contribution in [0.5, 0.6) is 0 Å². The number of aromatic nitrogens is 1. The fourth-order valence-electron chi connectivity index (χ4n) is 2.88. The number of benzene rings is 1. The normalized spacial score (nSPS) is 14.2. The second kappa shape index (κ2) is 8.71. The number of carbonyl (C=O) groups excluding carboxylic acids is 2. The molecule has 0 unspecified atom stereocenters. The molecule has 1 amide bonds. The summed E-state index contributed by atoms with van der Waals surface area (Å²) in [7, 11) is 0. The van der Waals surface area contributed by atoms with E-state index in [1.165, 1.54) is 6.20 Å². The monoisotopic (exact) mass is 451 g/mol. The topological polar surface area (TPSA) is 62.7 Å². The van der Waals surface area contributed by atoms with Gasteiger partial charge in [0.25, 0.3) is 5.91 Å². The molecule has 0 spiro atoms. The Kier molecular flexibility index (Phi) is 6.34. The number of esters is 1. The fourth-order valence-corrected chi connectivity index (χ4v) is 3.44. The van der Waals surface area contributed by atoms with E-state index in [0.717, 1.165) is 10.3 Å². The van der Waals surface area contributed by atoms with Crippen LogP contribution in [0.1, 0.15) is 27.6 Å². The van der Waals surface area contributed by atoms with Gasteiger partial charge in [-0.25, -0.2) is 9.78 Å². The number of ether oxygens (including phenoxy) is 1. The third kappa shape index (κ3) is 4.59. The minimum absolute atomic E-state index is 0.0773. The van der Waals surface area contributed by atoms with E-state index < -0.39 is 0 Å². The Balaban J connectivity index is 1.62. The van der Waals surface area contributed by atoms with Gasteiger partial charge in [0.2, 0.25) is 0 Å². The van der Waals surface area contributed by atoms with Crippen LogP contribution < -0.4 is 4.90 Å². The molecule has 3 rings (SSSR count). The van der Waals surface area contributed by atoms with Crippen LogP contribution in [-0.4, -0.2) is 54.5 Å². The molecule has 27 heavy (non-hydrogen) atoms. The summed E-state index contributed by atoms with van der Waals surface area (Å²) < 4.78 is 5.78. The van der Waals surface area contributed by atoms with Crippen LogP contribution in [0.15, 0.2) is 41.0 Å². The first-order chi connectivity index (χ1) is 13.0. The van der Waals surface area contributed by atoms with Gasteiger partial charge in [0.1, 0.15) is 5.82 Å². The van der Waals surface area contributed by atoms with Gasteiger partial charge in [-0.15, -0.1) is 0 Å². The van der Waals surface area contributed by atoms with Crippen LogP contribution in [0.2, 0.25) is 5.02 Å². The lowest BCUT2D eigenvalue weighted by Crippen LogP contribution is -2.49. The lowest BCUT2D eigenvalue weighted by atomic mass is 10.1. The number of hydrogen-bond acceptors (Lipinski definition) is 5. The summed E-state index contributed by atoms with van der Waals surface area (Å²) in [5.74, 6) is 0.320. The highest BCUT2D eigenvalue weighted by atomic mass is 79.9. The third-order valence-corrected chi connectivity index (χ3v) is 5.13. The van der Waals surface area contributed by atoms with Gasteiger partial charge in [0, 0.05) is 36.8 Å². The molecule has 8 heteroatoms. The molecule has 142 valence electrons. The zero-order valence-electron chi connectivity index (χ0n) is 14.8. The zero-order valence-corrected chi connectivity index (χ0v) is 17.2. The van der Waals surface area contributed by atoms with Crippen molar-refractivity contribution in [1.29, 1.82) is 0 Å². The molecule has 1 fully saturated rings. The van der Waals surface area contributed by atoms with E-state index >= 15 is 0 Å². The first-order valence-corrected chi connectivity index (χ1v) is 9.79. The van der Waals surface area contributed by atoms with Crippen molar-refractivity contribution in [3.63, 3.8) is 0 Å². The van der Waals surface area contributed by atoms with E-state index in [1.807, 2.05) is 6.07 Å². The number of nitrogens with zero attached hydrogens (tertiary/aromatic N) is 3. The number of anilines is 1. The molecule has 0 atom stereocenters. The number of amides is 1. The zero-order chi connectivity index (χ0) is 19.4. The van der Waals surface area contributed by atoms with Gasteiger partial charge in [0.05, 0.1) is 22.8 Å². The van der Waals surface area contributed by atoms with Gasteiger partial charge in [-0.1, -0.05) is 27.5 Å². The summed E-state index contributed by atoms with van der Waals surface area (Å²) >= 11 is 9.55. The average Bonchev–Trinajstić information content (AvgIpc) is 2.70. The van der Waals surface area contributed by atoms with E-state index in [4.69, 9.17) is 16.3 Å². The number of carbonyl (C=O) groups is 2. The van der Waals surface area contributed by atoms with Crippen LogP contribution >= 0.6 is 27.5 Å². The quantitative estimate of drug-likeness (QED) is 0.663. The molecule has 0 bridgehead atoms. The number of hydrogen-bond donors (Lipinski definition) is 0. The number of pyridine rings is 1. The molecule has 0 radical (unpaired) electrons. The van der Waals surface area contributed by atoms with Crippen molar-refractivity contribution in [2.75, 3.05) is 37.7 Å². The largest absolute Gasteiger partial charge is 0.462 e. The molecule has 1 aromatic heterocycles. The second-order valence-corrected chi connectivity index (χ2v) is 7.35. The molecule has 1 saturated heterocycles. The Morgan fingerprint density at radius 1 is 1.19 bits per heavy atom. The van der Waals surface area contributed by atoms with Gasteiger partial charge >= 0.3 is 5.97 Å². The Labute approximate surface area is 171 Å². The molecule has 6 nitrogen and oxygen atoms in total. The van der Waals surface area contributed by atoms with Gasteiger partial charge in [-0.2, -0.15) is 0 Å². The minimum Gasteiger partial charge on any atom is -0.462 e. The minimum atomic E-state index is -0.377. The lowest BCUT2D eigenvalue weighted by molar-refractivity contribution is 0.0525. The maximum Gasteiger partial charge on any atom is 0.339 e. The summed E-state index contributed by atoms with van der Waals surface area (Å²) in [6.45, 7) is 4.55. The first kappa shape index (κ1) is 19.6. The third-order valence-electron chi connectivity index (χ3n) is 4.31. The highest BCUT2D eigenvalue weighted by Gasteiger charge is 2.24. The van der Waals surface area contributed by atoms with Crippen molar-refractivity contribution < 1.29 is 14.3 Å². The molecule has 2 heterocycles. The first-order valence-electron chi connectivity index (χ1n) is 8.62. The summed E-state index contributed by atoms with van der Waals surface area (Å²) in [4.78, 5) is 32.7. The SMILES string of the molecule is CCOC(=O)c1ccc(N2CCN(C(=O)c3cc(Br)ccc3Cl)CC2)nc1. The van der Waals surface area contributed by atoms with Crippen molar-refractivity contribution in [3.8, 4) is 0 Å². The van der Waals surface area contributed by atoms with Gasteiger partial charge in [-0.05, 0) is 37.3 Å². The molecule has 1 aromatic carbocycles. The van der Waals surface area contributed by atoms with Crippen LogP contribution in [0.25, 0.3) is 0 Å². The van der Waals surface area contributed by atoms with Crippen LogP contribution in [-0.2, 0) is 4.74 Å². The number of piperazine rings is 1. The van der Waals surface area contributed by atoms with E-state index in [9.17, 15) is 9.59 Å². The van der Waals surface area contributed by atoms with Gasteiger partial charge in [-0.3, -0.25) is 4.79 Å². The van der Waals surface area contributed by atoms with Crippen LogP contribution in [0.4, 0.5) is 5.82 Å². The van der Waals surface area contributed by atoms with E-state index in [-0.39, 0.29) is 11.9 Å². The standard InChI is InChI=1S/C19H19BrClN3O3/c1-2-27-19(26)13-3-6-17(22-12-13)23-7-9-24(10-8-23)18(25)15-11-14(20)4-5-16(15)21/h3-6,11-12H,2,7-10H2,1H3. The lowest BCUT2D eigenvalue weighted by Gasteiger charge is -2.35. The highest BCUT2D eigenvalue weighted by molar-refractivity contribution is 9.10. The maximum absolute atomic E-state index is 12.7. The molecule has 0 aliphatic carbocycles. The maximum atomic E-state index is 12.7. The second-order valence-electron chi connectivity index (χ2n) is 6.03. The van der Waals surface area contributed by atoms with Crippen molar-refractivity contribution in [2.24, 2.45) is 0 Å². The predicted molar refractivity (Wildman–Crippen MR) is 107 cm³/mol. The highest BCUT2D eigenvalue weighted by Crippen LogP contribution is 2.23. The Morgan fingerprint density at radius 2 is 1.93 bits per heavy atom. The van der Waals surface area contributed by atoms with Crippen LogP contribution in [0.3, 0.4) is 0 Å². The molecule has 1 aliphatic heterocycles. The number of halogens is 2. The molecular formula is C19H19BrClN3O3. The Hall–Kier alpha value is -2.12. The summed E-state index contributed by atoms with van der Waals surface area (Å²) in [5, 5.41) is 0.446. The molecule has 0 N–H and O–H groups in total.